The molecule has 3 nitrogen and oxygen atoms in total. The van der Waals surface area contributed by atoms with Gasteiger partial charge in [-0.2, -0.15) is 0 Å². The molecule has 0 aliphatic rings. The summed E-state index contributed by atoms with van der Waals surface area (Å²) in [5.74, 6) is 0. The molecule has 0 spiro atoms. The molecule has 0 aromatic heterocycles. The lowest BCUT2D eigenvalue weighted by atomic mass is 10.2. The Labute approximate surface area is 95.1 Å². The molecule has 1 aromatic rings. The number of hydrogen-bond donors (Lipinski definition) is 3. The third-order valence-electron chi connectivity index (χ3n) is 2.25. The minimum atomic E-state index is 0.979. The lowest BCUT2D eigenvalue weighted by Crippen LogP contribution is -2.30. The van der Waals surface area contributed by atoms with Gasteiger partial charge in [-0.15, -0.1) is 0 Å². The molecule has 4 heteroatoms. The summed E-state index contributed by atoms with van der Waals surface area (Å²) in [6, 6.07) is 10.5. The molecular weight excluding hydrogens is 202 g/mol. The van der Waals surface area contributed by atoms with Gasteiger partial charge < -0.3 is 5.32 Å². The SMILES string of the molecule is [SiH3]NNCCCCNCc1ccccc1. The lowest BCUT2D eigenvalue weighted by Gasteiger charge is -2.05. The van der Waals surface area contributed by atoms with E-state index in [1.54, 1.807) is 0 Å². The number of hydrogen-bond acceptors (Lipinski definition) is 3. The molecular formula is C11H21N3Si. The standard InChI is InChI=1S/C11H21N3Si/c15-14-13-9-5-4-8-12-10-11-6-2-1-3-7-11/h1-3,6-7,12-14H,4-5,8-10H2,15H3. The fourth-order valence-corrected chi connectivity index (χ4v) is 1.67. The molecule has 0 saturated carbocycles. The molecule has 3 N–H and O–H groups in total. The van der Waals surface area contributed by atoms with Crippen LogP contribution in [0.3, 0.4) is 0 Å². The van der Waals surface area contributed by atoms with Gasteiger partial charge in [0.1, 0.15) is 0 Å². The summed E-state index contributed by atoms with van der Waals surface area (Å²) in [4.78, 5) is 0. The maximum Gasteiger partial charge on any atom is 0.0942 e. The summed E-state index contributed by atoms with van der Waals surface area (Å²) in [6.45, 7) is 3.14. The molecule has 0 fully saturated rings. The van der Waals surface area contributed by atoms with Crippen LogP contribution in [-0.4, -0.2) is 23.5 Å². The molecule has 1 rings (SSSR count). The molecule has 0 bridgehead atoms. The van der Waals surface area contributed by atoms with Crippen LogP contribution in [0, 0.1) is 0 Å². The Balaban J connectivity index is 1.93. The largest absolute Gasteiger partial charge is 0.313 e. The highest BCUT2D eigenvalue weighted by Crippen LogP contribution is 1.97. The van der Waals surface area contributed by atoms with Crippen molar-refractivity contribution in [2.24, 2.45) is 0 Å². The number of unbranched alkanes of at least 4 members (excludes halogenated alkanes) is 1. The van der Waals surface area contributed by atoms with Crippen LogP contribution in [0.4, 0.5) is 0 Å². The summed E-state index contributed by atoms with van der Waals surface area (Å²) in [5, 5.41) is 6.49. The Morgan fingerprint density at radius 3 is 2.47 bits per heavy atom. The first-order chi connectivity index (χ1) is 7.43. The number of rotatable bonds is 8. The molecule has 0 aliphatic heterocycles. The predicted octanol–water partition coefficient (Wildman–Crippen LogP) is -0.0690. The van der Waals surface area contributed by atoms with Crippen LogP contribution in [0.1, 0.15) is 18.4 Å². The van der Waals surface area contributed by atoms with Gasteiger partial charge in [0.25, 0.3) is 0 Å². The van der Waals surface area contributed by atoms with E-state index < -0.39 is 0 Å². The first-order valence-corrected chi connectivity index (χ1v) is 6.57. The molecule has 0 atom stereocenters. The molecule has 0 heterocycles. The van der Waals surface area contributed by atoms with E-state index in [2.05, 4.69) is 46.2 Å². The molecule has 0 saturated heterocycles. The van der Waals surface area contributed by atoms with Gasteiger partial charge in [0.2, 0.25) is 0 Å². The molecule has 15 heavy (non-hydrogen) atoms. The maximum atomic E-state index is 3.44. The van der Waals surface area contributed by atoms with E-state index in [1.165, 1.54) is 18.4 Å². The maximum absolute atomic E-state index is 3.44. The zero-order chi connectivity index (χ0) is 10.8. The van der Waals surface area contributed by atoms with Crippen molar-refractivity contribution < 1.29 is 0 Å². The van der Waals surface area contributed by atoms with E-state index in [1.807, 2.05) is 0 Å². The first-order valence-electron chi connectivity index (χ1n) is 5.57. The van der Waals surface area contributed by atoms with Gasteiger partial charge in [0.15, 0.2) is 0 Å². The van der Waals surface area contributed by atoms with Gasteiger partial charge in [0, 0.05) is 13.1 Å². The van der Waals surface area contributed by atoms with Crippen molar-refractivity contribution in [1.82, 2.24) is 15.8 Å². The zero-order valence-electron chi connectivity index (χ0n) is 9.42. The Bertz CT molecular complexity index is 241. The van der Waals surface area contributed by atoms with E-state index >= 15 is 0 Å². The lowest BCUT2D eigenvalue weighted by molar-refractivity contribution is 0.575. The van der Waals surface area contributed by atoms with Gasteiger partial charge in [0.05, 0.1) is 10.4 Å². The van der Waals surface area contributed by atoms with Crippen LogP contribution in [-0.2, 0) is 6.54 Å². The second-order valence-electron chi connectivity index (χ2n) is 3.55. The fraction of sp³-hybridized carbons (Fsp3) is 0.455. The number of benzene rings is 1. The summed E-state index contributed by atoms with van der Waals surface area (Å²) in [5.41, 5.74) is 4.50. The number of nitrogens with one attached hydrogen (secondary N) is 3. The van der Waals surface area contributed by atoms with Crippen molar-refractivity contribution in [3.63, 3.8) is 0 Å². The molecule has 0 aliphatic carbocycles. The van der Waals surface area contributed by atoms with Gasteiger partial charge in [-0.3, -0.25) is 10.5 Å². The van der Waals surface area contributed by atoms with Crippen molar-refractivity contribution in [3.05, 3.63) is 35.9 Å². The van der Waals surface area contributed by atoms with Crippen LogP contribution < -0.4 is 15.8 Å². The van der Waals surface area contributed by atoms with Crippen molar-refractivity contribution in [2.45, 2.75) is 19.4 Å². The van der Waals surface area contributed by atoms with E-state index in [4.69, 9.17) is 0 Å². The van der Waals surface area contributed by atoms with Crippen molar-refractivity contribution >= 4 is 10.4 Å². The Hall–Kier alpha value is -0.683. The van der Waals surface area contributed by atoms with Crippen molar-refractivity contribution in [2.75, 3.05) is 13.1 Å². The van der Waals surface area contributed by atoms with E-state index in [-0.39, 0.29) is 0 Å². The second-order valence-corrected chi connectivity index (χ2v) is 4.05. The average molecular weight is 223 g/mol. The normalized spacial score (nSPS) is 10.7. The highest BCUT2D eigenvalue weighted by molar-refractivity contribution is 6.03. The van der Waals surface area contributed by atoms with Gasteiger partial charge >= 0.3 is 0 Å². The van der Waals surface area contributed by atoms with Crippen LogP contribution in [0.2, 0.25) is 0 Å². The molecule has 0 radical (unpaired) electrons. The molecule has 0 unspecified atom stereocenters. The Kier molecular flexibility index (Phi) is 7.11. The van der Waals surface area contributed by atoms with Gasteiger partial charge in [-0.05, 0) is 24.9 Å². The minimum absolute atomic E-state index is 0.979. The summed E-state index contributed by atoms with van der Waals surface area (Å²) in [7, 11) is 1.02. The molecule has 1 aromatic carbocycles. The third kappa shape index (κ3) is 6.41. The van der Waals surface area contributed by atoms with Crippen molar-refractivity contribution in [1.29, 1.82) is 0 Å². The fourth-order valence-electron chi connectivity index (χ4n) is 1.42. The van der Waals surface area contributed by atoms with Crippen LogP contribution in [0.5, 0.6) is 0 Å². The highest BCUT2D eigenvalue weighted by atomic mass is 28.2. The molecule has 0 amide bonds. The quantitative estimate of drug-likeness (QED) is 0.328. The van der Waals surface area contributed by atoms with Crippen LogP contribution in [0.15, 0.2) is 30.3 Å². The summed E-state index contributed by atoms with van der Waals surface area (Å²) in [6.07, 6.45) is 2.44. The second kappa shape index (κ2) is 8.61. The van der Waals surface area contributed by atoms with E-state index in [0.29, 0.717) is 0 Å². The Morgan fingerprint density at radius 2 is 1.73 bits per heavy atom. The monoisotopic (exact) mass is 223 g/mol. The van der Waals surface area contributed by atoms with Crippen molar-refractivity contribution in [3.8, 4) is 0 Å². The molecule has 84 valence electrons. The van der Waals surface area contributed by atoms with Gasteiger partial charge in [-0.25, -0.2) is 0 Å². The average Bonchev–Trinajstić information content (AvgIpc) is 2.29. The predicted molar refractivity (Wildman–Crippen MR) is 68.5 cm³/mol. The summed E-state index contributed by atoms with van der Waals surface area (Å²) >= 11 is 0. The topological polar surface area (TPSA) is 36.1 Å². The smallest absolute Gasteiger partial charge is 0.0942 e. The zero-order valence-corrected chi connectivity index (χ0v) is 11.4. The van der Waals surface area contributed by atoms with Crippen LogP contribution >= 0.6 is 0 Å². The highest BCUT2D eigenvalue weighted by Gasteiger charge is 1.90. The minimum Gasteiger partial charge on any atom is -0.313 e. The van der Waals surface area contributed by atoms with E-state index in [0.717, 1.165) is 30.0 Å². The summed E-state index contributed by atoms with van der Waals surface area (Å²) < 4.78 is 0. The number of hydrazine groups is 1. The van der Waals surface area contributed by atoms with Crippen LogP contribution in [0.25, 0.3) is 0 Å². The van der Waals surface area contributed by atoms with E-state index in [9.17, 15) is 0 Å². The first kappa shape index (κ1) is 12.4. The third-order valence-corrected chi connectivity index (χ3v) is 2.61. The Morgan fingerprint density at radius 1 is 1.00 bits per heavy atom. The van der Waals surface area contributed by atoms with Gasteiger partial charge in [-0.1, -0.05) is 30.3 Å².